The van der Waals surface area contributed by atoms with Gasteiger partial charge in [-0.15, -0.1) is 11.8 Å². The highest BCUT2D eigenvalue weighted by Gasteiger charge is 2.11. The van der Waals surface area contributed by atoms with Crippen LogP contribution in [0.15, 0.2) is 59.5 Å². The standard InChI is InChI=1S/C16H18N2OS/c1-20-14-9-5-8-13(10-14)18-16(19)11-15(17)12-6-3-2-4-7-12/h2-10,15H,11,17H2,1H3,(H,18,19). The fourth-order valence-electron chi connectivity index (χ4n) is 1.93. The molecule has 0 radical (unpaired) electrons. The topological polar surface area (TPSA) is 55.1 Å². The molecular formula is C16H18N2OS. The molecule has 0 bridgehead atoms. The van der Waals surface area contributed by atoms with Gasteiger partial charge in [0.2, 0.25) is 5.91 Å². The Labute approximate surface area is 123 Å². The second kappa shape index (κ2) is 7.12. The van der Waals surface area contributed by atoms with E-state index in [-0.39, 0.29) is 18.4 Å². The molecule has 0 aliphatic rings. The average molecular weight is 286 g/mol. The monoisotopic (exact) mass is 286 g/mol. The highest BCUT2D eigenvalue weighted by molar-refractivity contribution is 7.98. The largest absolute Gasteiger partial charge is 0.326 e. The minimum Gasteiger partial charge on any atom is -0.326 e. The Bertz CT molecular complexity index is 572. The van der Waals surface area contributed by atoms with Crippen LogP contribution in [0, 0.1) is 0 Å². The highest BCUT2D eigenvalue weighted by Crippen LogP contribution is 2.20. The summed E-state index contributed by atoms with van der Waals surface area (Å²) in [6, 6.07) is 17.2. The Morgan fingerprint density at radius 1 is 1.20 bits per heavy atom. The van der Waals surface area contributed by atoms with Crippen LogP contribution in [0.5, 0.6) is 0 Å². The van der Waals surface area contributed by atoms with Crippen LogP contribution < -0.4 is 11.1 Å². The number of anilines is 1. The van der Waals surface area contributed by atoms with Crippen molar-refractivity contribution >= 4 is 23.4 Å². The third-order valence-corrected chi connectivity index (χ3v) is 3.71. The number of nitrogens with two attached hydrogens (primary N) is 1. The average Bonchev–Trinajstić information content (AvgIpc) is 2.48. The zero-order valence-corrected chi connectivity index (χ0v) is 12.2. The Kier molecular flexibility index (Phi) is 5.21. The molecule has 2 aromatic rings. The van der Waals surface area contributed by atoms with Crippen LogP contribution in [0.3, 0.4) is 0 Å². The van der Waals surface area contributed by atoms with Crippen molar-refractivity contribution in [1.82, 2.24) is 0 Å². The summed E-state index contributed by atoms with van der Waals surface area (Å²) < 4.78 is 0. The minimum atomic E-state index is -0.278. The van der Waals surface area contributed by atoms with Crippen molar-refractivity contribution in [2.45, 2.75) is 17.4 Å². The molecule has 0 heterocycles. The summed E-state index contributed by atoms with van der Waals surface area (Å²) in [6.07, 6.45) is 2.28. The van der Waals surface area contributed by atoms with Gasteiger partial charge in [-0.1, -0.05) is 36.4 Å². The van der Waals surface area contributed by atoms with Crippen molar-refractivity contribution in [3.8, 4) is 0 Å². The molecule has 4 heteroatoms. The smallest absolute Gasteiger partial charge is 0.226 e. The van der Waals surface area contributed by atoms with Crippen molar-refractivity contribution in [3.63, 3.8) is 0 Å². The summed E-state index contributed by atoms with van der Waals surface area (Å²) in [4.78, 5) is 13.1. The number of nitrogens with one attached hydrogen (secondary N) is 1. The van der Waals surface area contributed by atoms with Gasteiger partial charge in [0.1, 0.15) is 0 Å². The minimum absolute atomic E-state index is 0.0698. The molecule has 0 fully saturated rings. The zero-order valence-electron chi connectivity index (χ0n) is 11.4. The second-order valence-electron chi connectivity index (χ2n) is 4.50. The summed E-state index contributed by atoms with van der Waals surface area (Å²) in [6.45, 7) is 0. The Hall–Kier alpha value is -1.78. The summed E-state index contributed by atoms with van der Waals surface area (Å²) in [5.74, 6) is -0.0698. The number of carbonyl (C=O) groups is 1. The molecule has 2 aromatic carbocycles. The number of thioether (sulfide) groups is 1. The molecule has 0 aromatic heterocycles. The number of hydrogen-bond donors (Lipinski definition) is 2. The number of benzene rings is 2. The number of amides is 1. The van der Waals surface area contributed by atoms with Crippen LogP contribution in [0.2, 0.25) is 0 Å². The first-order valence-electron chi connectivity index (χ1n) is 6.43. The van der Waals surface area contributed by atoms with Crippen LogP contribution in [0.1, 0.15) is 18.0 Å². The summed E-state index contributed by atoms with van der Waals surface area (Å²) in [5.41, 5.74) is 7.82. The van der Waals surface area contributed by atoms with Crippen molar-refractivity contribution in [1.29, 1.82) is 0 Å². The van der Waals surface area contributed by atoms with Gasteiger partial charge in [-0.05, 0) is 30.0 Å². The van der Waals surface area contributed by atoms with E-state index in [1.807, 2.05) is 60.9 Å². The molecule has 0 aliphatic heterocycles. The summed E-state index contributed by atoms with van der Waals surface area (Å²) in [7, 11) is 0. The molecule has 0 spiro atoms. The van der Waals surface area contributed by atoms with E-state index in [2.05, 4.69) is 5.32 Å². The molecule has 1 amide bonds. The zero-order chi connectivity index (χ0) is 14.4. The normalized spacial score (nSPS) is 11.9. The second-order valence-corrected chi connectivity index (χ2v) is 5.38. The predicted octanol–water partition coefficient (Wildman–Crippen LogP) is 3.44. The summed E-state index contributed by atoms with van der Waals surface area (Å²) >= 11 is 1.64. The van der Waals surface area contributed by atoms with E-state index >= 15 is 0 Å². The number of carbonyl (C=O) groups excluding carboxylic acids is 1. The molecule has 0 saturated carbocycles. The molecule has 1 unspecified atom stereocenters. The highest BCUT2D eigenvalue weighted by atomic mass is 32.2. The Morgan fingerprint density at radius 2 is 1.95 bits per heavy atom. The Balaban J connectivity index is 1.95. The fourth-order valence-corrected chi connectivity index (χ4v) is 2.39. The SMILES string of the molecule is CSc1cccc(NC(=O)CC(N)c2ccccc2)c1. The number of hydrogen-bond acceptors (Lipinski definition) is 3. The van der Waals surface area contributed by atoms with Crippen molar-refractivity contribution < 1.29 is 4.79 Å². The molecular weight excluding hydrogens is 268 g/mol. The first-order chi connectivity index (χ1) is 9.69. The van der Waals surface area contributed by atoms with Gasteiger partial charge in [0.05, 0.1) is 0 Å². The maximum atomic E-state index is 12.0. The van der Waals surface area contributed by atoms with Crippen LogP contribution in [0.4, 0.5) is 5.69 Å². The lowest BCUT2D eigenvalue weighted by Crippen LogP contribution is -2.20. The van der Waals surface area contributed by atoms with Gasteiger partial charge in [-0.3, -0.25) is 4.79 Å². The molecule has 3 N–H and O–H groups in total. The summed E-state index contributed by atoms with van der Waals surface area (Å²) in [5, 5.41) is 2.89. The lowest BCUT2D eigenvalue weighted by molar-refractivity contribution is -0.116. The maximum absolute atomic E-state index is 12.0. The first kappa shape index (κ1) is 14.6. The van der Waals surface area contributed by atoms with E-state index in [1.165, 1.54) is 0 Å². The van der Waals surface area contributed by atoms with Crippen LogP contribution >= 0.6 is 11.8 Å². The van der Waals surface area contributed by atoms with Gasteiger partial charge in [0.25, 0.3) is 0 Å². The van der Waals surface area contributed by atoms with Gasteiger partial charge < -0.3 is 11.1 Å². The predicted molar refractivity (Wildman–Crippen MR) is 84.8 cm³/mol. The molecule has 3 nitrogen and oxygen atoms in total. The van der Waals surface area contributed by atoms with E-state index in [0.717, 1.165) is 16.1 Å². The maximum Gasteiger partial charge on any atom is 0.226 e. The van der Waals surface area contributed by atoms with E-state index < -0.39 is 0 Å². The van der Waals surface area contributed by atoms with Crippen molar-refractivity contribution in [3.05, 3.63) is 60.2 Å². The van der Waals surface area contributed by atoms with Crippen LogP contribution in [-0.2, 0) is 4.79 Å². The molecule has 2 rings (SSSR count). The van der Waals surface area contributed by atoms with Crippen LogP contribution in [-0.4, -0.2) is 12.2 Å². The van der Waals surface area contributed by atoms with Gasteiger partial charge in [-0.25, -0.2) is 0 Å². The molecule has 0 saturated heterocycles. The lowest BCUT2D eigenvalue weighted by atomic mass is 10.0. The van der Waals surface area contributed by atoms with Gasteiger partial charge in [0.15, 0.2) is 0 Å². The van der Waals surface area contributed by atoms with E-state index in [4.69, 9.17) is 5.73 Å². The molecule has 0 aliphatic carbocycles. The lowest BCUT2D eigenvalue weighted by Gasteiger charge is -2.12. The van der Waals surface area contributed by atoms with Gasteiger partial charge in [0, 0.05) is 23.0 Å². The van der Waals surface area contributed by atoms with Gasteiger partial charge >= 0.3 is 0 Å². The first-order valence-corrected chi connectivity index (χ1v) is 7.66. The Morgan fingerprint density at radius 3 is 2.65 bits per heavy atom. The molecule has 104 valence electrons. The van der Waals surface area contributed by atoms with Crippen molar-refractivity contribution in [2.75, 3.05) is 11.6 Å². The third-order valence-electron chi connectivity index (χ3n) is 2.99. The van der Waals surface area contributed by atoms with E-state index in [9.17, 15) is 4.79 Å². The van der Waals surface area contributed by atoms with Crippen molar-refractivity contribution in [2.24, 2.45) is 5.73 Å². The van der Waals surface area contributed by atoms with Gasteiger partial charge in [-0.2, -0.15) is 0 Å². The molecule has 1 atom stereocenters. The number of rotatable bonds is 5. The molecule has 20 heavy (non-hydrogen) atoms. The van der Waals surface area contributed by atoms with E-state index in [1.54, 1.807) is 11.8 Å². The quantitative estimate of drug-likeness (QED) is 0.828. The van der Waals surface area contributed by atoms with Crippen LogP contribution in [0.25, 0.3) is 0 Å². The third kappa shape index (κ3) is 4.11. The fraction of sp³-hybridized carbons (Fsp3) is 0.188. The van der Waals surface area contributed by atoms with E-state index in [0.29, 0.717) is 0 Å².